The van der Waals surface area contributed by atoms with E-state index in [9.17, 15) is 4.79 Å². The van der Waals surface area contributed by atoms with Crippen LogP contribution in [0.2, 0.25) is 0 Å². The average Bonchev–Trinajstić information content (AvgIpc) is 2.56. The molecule has 0 aliphatic carbocycles. The van der Waals surface area contributed by atoms with Crippen LogP contribution in [0, 0.1) is 0 Å². The summed E-state index contributed by atoms with van der Waals surface area (Å²) < 4.78 is 11.1. The van der Waals surface area contributed by atoms with Crippen LogP contribution in [0.5, 0.6) is 17.4 Å². The van der Waals surface area contributed by atoms with Crippen LogP contribution >= 0.6 is 0 Å². The Morgan fingerprint density at radius 1 is 1.17 bits per heavy atom. The Kier molecular flexibility index (Phi) is 6.38. The number of ether oxygens (including phenoxy) is 2. The molecule has 0 saturated carbocycles. The van der Waals surface area contributed by atoms with Crippen LogP contribution in [0.3, 0.4) is 0 Å². The number of hydrogen-bond donors (Lipinski definition) is 2. The van der Waals surface area contributed by atoms with Crippen LogP contribution in [-0.2, 0) is 11.3 Å². The fraction of sp³-hybridized carbons (Fsp3) is 0.294. The SMILES string of the molecule is CCOc1ccc(Oc2cc(CNC(=O)CNC)ccn2)cc1. The highest BCUT2D eigenvalue weighted by Crippen LogP contribution is 2.22. The lowest BCUT2D eigenvalue weighted by Crippen LogP contribution is -2.31. The second-order valence-electron chi connectivity index (χ2n) is 4.82. The topological polar surface area (TPSA) is 72.5 Å². The number of pyridine rings is 1. The van der Waals surface area contributed by atoms with Crippen molar-refractivity contribution in [3.05, 3.63) is 48.2 Å². The zero-order valence-corrected chi connectivity index (χ0v) is 13.3. The Labute approximate surface area is 135 Å². The number of carbonyl (C=O) groups excluding carboxylic acids is 1. The van der Waals surface area contributed by atoms with Crippen LogP contribution in [0.15, 0.2) is 42.6 Å². The number of nitrogens with one attached hydrogen (secondary N) is 2. The van der Waals surface area contributed by atoms with E-state index in [0.717, 1.165) is 11.3 Å². The summed E-state index contributed by atoms with van der Waals surface area (Å²) in [6, 6.07) is 11.0. The molecule has 6 heteroatoms. The van der Waals surface area contributed by atoms with Gasteiger partial charge in [0.15, 0.2) is 0 Å². The molecule has 0 unspecified atom stereocenters. The van der Waals surface area contributed by atoms with Crippen molar-refractivity contribution in [3.63, 3.8) is 0 Å². The molecule has 0 fully saturated rings. The van der Waals surface area contributed by atoms with E-state index in [1.807, 2.05) is 37.3 Å². The van der Waals surface area contributed by atoms with Gasteiger partial charge in [-0.2, -0.15) is 0 Å². The highest BCUT2D eigenvalue weighted by Gasteiger charge is 2.03. The van der Waals surface area contributed by atoms with Gasteiger partial charge in [0.05, 0.1) is 13.2 Å². The summed E-state index contributed by atoms with van der Waals surface area (Å²) in [5.74, 6) is 1.90. The molecule has 1 aromatic carbocycles. The first-order valence-corrected chi connectivity index (χ1v) is 7.48. The summed E-state index contributed by atoms with van der Waals surface area (Å²) in [4.78, 5) is 15.6. The number of aromatic nitrogens is 1. The van der Waals surface area contributed by atoms with E-state index >= 15 is 0 Å². The van der Waals surface area contributed by atoms with Crippen LogP contribution < -0.4 is 20.1 Å². The monoisotopic (exact) mass is 315 g/mol. The van der Waals surface area contributed by atoms with Crippen molar-refractivity contribution in [1.29, 1.82) is 0 Å². The van der Waals surface area contributed by atoms with E-state index in [1.54, 1.807) is 19.3 Å². The maximum absolute atomic E-state index is 11.4. The number of benzene rings is 1. The van der Waals surface area contributed by atoms with Crippen molar-refractivity contribution in [3.8, 4) is 17.4 Å². The minimum absolute atomic E-state index is 0.0571. The summed E-state index contributed by atoms with van der Waals surface area (Å²) in [5, 5.41) is 5.61. The molecule has 0 spiro atoms. The Bertz CT molecular complexity index is 629. The molecule has 1 amide bonds. The van der Waals surface area contributed by atoms with Gasteiger partial charge in [-0.25, -0.2) is 4.98 Å². The van der Waals surface area contributed by atoms with Gasteiger partial charge in [0, 0.05) is 18.8 Å². The highest BCUT2D eigenvalue weighted by molar-refractivity contribution is 5.77. The van der Waals surface area contributed by atoms with Gasteiger partial charge in [0.1, 0.15) is 11.5 Å². The van der Waals surface area contributed by atoms with Crippen molar-refractivity contribution >= 4 is 5.91 Å². The molecule has 0 saturated heterocycles. The van der Waals surface area contributed by atoms with Crippen LogP contribution in [0.1, 0.15) is 12.5 Å². The van der Waals surface area contributed by atoms with Gasteiger partial charge in [-0.15, -0.1) is 0 Å². The number of nitrogens with zero attached hydrogens (tertiary/aromatic N) is 1. The first-order valence-electron chi connectivity index (χ1n) is 7.48. The van der Waals surface area contributed by atoms with E-state index < -0.39 is 0 Å². The molecule has 2 N–H and O–H groups in total. The maximum Gasteiger partial charge on any atom is 0.234 e. The summed E-state index contributed by atoms with van der Waals surface area (Å²) in [5.41, 5.74) is 0.922. The molecule has 0 radical (unpaired) electrons. The Morgan fingerprint density at radius 3 is 2.61 bits per heavy atom. The van der Waals surface area contributed by atoms with Crippen molar-refractivity contribution < 1.29 is 14.3 Å². The molecule has 0 bridgehead atoms. The van der Waals surface area contributed by atoms with Crippen LogP contribution in [0.25, 0.3) is 0 Å². The third kappa shape index (κ3) is 5.60. The molecule has 0 aliphatic heterocycles. The van der Waals surface area contributed by atoms with Gasteiger partial charge in [-0.05, 0) is 49.9 Å². The summed E-state index contributed by atoms with van der Waals surface area (Å²) in [6.45, 7) is 3.29. The van der Waals surface area contributed by atoms with Crippen molar-refractivity contribution in [2.75, 3.05) is 20.2 Å². The minimum atomic E-state index is -0.0571. The van der Waals surface area contributed by atoms with Crippen molar-refractivity contribution in [2.24, 2.45) is 0 Å². The molecule has 122 valence electrons. The Hall–Kier alpha value is -2.60. The molecule has 2 rings (SSSR count). The third-order valence-corrected chi connectivity index (χ3v) is 2.98. The number of hydrogen-bond acceptors (Lipinski definition) is 5. The first kappa shape index (κ1) is 16.8. The molecular formula is C17H21N3O3. The van der Waals surface area contributed by atoms with Gasteiger partial charge < -0.3 is 20.1 Å². The zero-order chi connectivity index (χ0) is 16.5. The second-order valence-corrected chi connectivity index (χ2v) is 4.82. The van der Waals surface area contributed by atoms with E-state index in [2.05, 4.69) is 15.6 Å². The summed E-state index contributed by atoms with van der Waals surface area (Å²) >= 11 is 0. The van der Waals surface area contributed by atoms with Gasteiger partial charge in [0.2, 0.25) is 11.8 Å². The molecule has 0 aliphatic rings. The predicted octanol–water partition coefficient (Wildman–Crippen LogP) is 2.11. The van der Waals surface area contributed by atoms with E-state index in [1.165, 1.54) is 0 Å². The van der Waals surface area contributed by atoms with E-state index in [4.69, 9.17) is 9.47 Å². The number of amides is 1. The predicted molar refractivity (Wildman–Crippen MR) is 87.7 cm³/mol. The van der Waals surface area contributed by atoms with Gasteiger partial charge in [-0.3, -0.25) is 4.79 Å². The van der Waals surface area contributed by atoms with Gasteiger partial charge >= 0.3 is 0 Å². The number of likely N-dealkylation sites (N-methyl/N-ethyl adjacent to an activating group) is 1. The fourth-order valence-electron chi connectivity index (χ4n) is 1.93. The fourth-order valence-corrected chi connectivity index (χ4v) is 1.93. The summed E-state index contributed by atoms with van der Waals surface area (Å²) in [7, 11) is 1.73. The third-order valence-electron chi connectivity index (χ3n) is 2.98. The zero-order valence-electron chi connectivity index (χ0n) is 13.3. The van der Waals surface area contributed by atoms with Crippen LogP contribution in [0.4, 0.5) is 0 Å². The number of rotatable bonds is 8. The maximum atomic E-state index is 11.4. The molecule has 1 heterocycles. The molecule has 1 aromatic heterocycles. The standard InChI is InChI=1S/C17H21N3O3/c1-3-22-14-4-6-15(7-5-14)23-17-10-13(8-9-19-17)11-20-16(21)12-18-2/h4-10,18H,3,11-12H2,1-2H3,(H,20,21). The molecule has 0 atom stereocenters. The lowest BCUT2D eigenvalue weighted by Gasteiger charge is -2.09. The highest BCUT2D eigenvalue weighted by atomic mass is 16.5. The minimum Gasteiger partial charge on any atom is -0.494 e. The quantitative estimate of drug-likeness (QED) is 0.780. The normalized spacial score (nSPS) is 10.2. The summed E-state index contributed by atoms with van der Waals surface area (Å²) in [6.07, 6.45) is 1.66. The van der Waals surface area contributed by atoms with Crippen LogP contribution in [-0.4, -0.2) is 31.1 Å². The Balaban J connectivity index is 1.95. The second kappa shape index (κ2) is 8.75. The van der Waals surface area contributed by atoms with Crippen molar-refractivity contribution in [2.45, 2.75) is 13.5 Å². The average molecular weight is 315 g/mol. The molecular weight excluding hydrogens is 294 g/mol. The molecule has 6 nitrogen and oxygen atoms in total. The number of carbonyl (C=O) groups is 1. The van der Waals surface area contributed by atoms with E-state index in [-0.39, 0.29) is 5.91 Å². The lowest BCUT2D eigenvalue weighted by molar-refractivity contribution is -0.120. The van der Waals surface area contributed by atoms with Gasteiger partial charge in [-0.1, -0.05) is 0 Å². The lowest BCUT2D eigenvalue weighted by atomic mass is 10.2. The van der Waals surface area contributed by atoms with E-state index in [0.29, 0.717) is 31.3 Å². The first-order chi connectivity index (χ1) is 11.2. The largest absolute Gasteiger partial charge is 0.494 e. The van der Waals surface area contributed by atoms with Crippen molar-refractivity contribution in [1.82, 2.24) is 15.6 Å². The smallest absolute Gasteiger partial charge is 0.234 e. The van der Waals surface area contributed by atoms with Gasteiger partial charge in [0.25, 0.3) is 0 Å². The molecule has 2 aromatic rings. The molecule has 23 heavy (non-hydrogen) atoms. The Morgan fingerprint density at radius 2 is 1.91 bits per heavy atom.